The van der Waals surface area contributed by atoms with E-state index < -0.39 is 0 Å². The van der Waals surface area contributed by atoms with Gasteiger partial charge in [-0.15, -0.1) is 0 Å². The first-order valence-corrected chi connectivity index (χ1v) is 7.17. The first-order chi connectivity index (χ1) is 9.66. The highest BCUT2D eigenvalue weighted by atomic mass is 16.1. The zero-order chi connectivity index (χ0) is 14.1. The van der Waals surface area contributed by atoms with Crippen LogP contribution in [-0.4, -0.2) is 10.5 Å². The van der Waals surface area contributed by atoms with Crippen LogP contribution >= 0.6 is 0 Å². The van der Waals surface area contributed by atoms with Crippen molar-refractivity contribution in [2.75, 3.05) is 0 Å². The van der Waals surface area contributed by atoms with Gasteiger partial charge in [0.25, 0.3) is 5.91 Å². The van der Waals surface area contributed by atoms with Crippen LogP contribution in [0.4, 0.5) is 0 Å². The summed E-state index contributed by atoms with van der Waals surface area (Å²) in [6.07, 6.45) is 2.48. The zero-order valence-corrected chi connectivity index (χ0v) is 12.0. The Kier molecular flexibility index (Phi) is 3.35. The van der Waals surface area contributed by atoms with Crippen molar-refractivity contribution in [2.24, 2.45) is 0 Å². The fourth-order valence-corrected chi connectivity index (χ4v) is 2.78. The van der Waals surface area contributed by atoms with E-state index in [-0.39, 0.29) is 5.91 Å². The molecule has 3 rings (SSSR count). The molecule has 0 saturated heterocycles. The second-order valence-corrected chi connectivity index (χ2v) is 5.55. The van der Waals surface area contributed by atoms with Gasteiger partial charge < -0.3 is 9.88 Å². The maximum absolute atomic E-state index is 12.3. The molecular formula is C17H20N2O. The van der Waals surface area contributed by atoms with Crippen LogP contribution in [0.2, 0.25) is 0 Å². The minimum absolute atomic E-state index is 0.0221. The van der Waals surface area contributed by atoms with Gasteiger partial charge in [0.2, 0.25) is 0 Å². The molecule has 1 amide bonds. The second-order valence-electron chi connectivity index (χ2n) is 5.55. The molecule has 1 saturated carbocycles. The van der Waals surface area contributed by atoms with Crippen molar-refractivity contribution in [1.29, 1.82) is 0 Å². The van der Waals surface area contributed by atoms with E-state index >= 15 is 0 Å². The van der Waals surface area contributed by atoms with Crippen LogP contribution < -0.4 is 5.32 Å². The Morgan fingerprint density at radius 2 is 1.95 bits per heavy atom. The Labute approximate surface area is 119 Å². The minimum atomic E-state index is 0.0221. The van der Waals surface area contributed by atoms with Gasteiger partial charge in [0.05, 0.1) is 5.56 Å². The third kappa shape index (κ3) is 2.48. The number of aryl methyl sites for hydroxylation is 1. The molecule has 1 heterocycles. The number of carbonyl (C=O) groups excluding carboxylic acids is 1. The van der Waals surface area contributed by atoms with Crippen LogP contribution in [0.5, 0.6) is 0 Å². The lowest BCUT2D eigenvalue weighted by molar-refractivity contribution is 0.0950. The van der Waals surface area contributed by atoms with Gasteiger partial charge in [-0.2, -0.15) is 0 Å². The molecule has 3 nitrogen and oxygen atoms in total. The molecule has 0 aliphatic heterocycles. The lowest BCUT2D eigenvalue weighted by atomic mass is 10.2. The Balaban J connectivity index is 1.73. The number of hydrogen-bond donors (Lipinski definition) is 1. The molecule has 1 aliphatic carbocycles. The molecule has 1 fully saturated rings. The van der Waals surface area contributed by atoms with E-state index in [1.165, 1.54) is 18.5 Å². The third-order valence-electron chi connectivity index (χ3n) is 3.94. The maximum atomic E-state index is 12.3. The highest BCUT2D eigenvalue weighted by molar-refractivity contribution is 5.95. The molecular weight excluding hydrogens is 248 g/mol. The largest absolute Gasteiger partial charge is 0.348 e. The van der Waals surface area contributed by atoms with E-state index in [1.54, 1.807) is 0 Å². The maximum Gasteiger partial charge on any atom is 0.253 e. The fourth-order valence-electron chi connectivity index (χ4n) is 2.78. The normalized spacial score (nSPS) is 14.3. The number of nitrogens with zero attached hydrogens (tertiary/aromatic N) is 1. The van der Waals surface area contributed by atoms with Gasteiger partial charge in [0, 0.05) is 24.0 Å². The number of amides is 1. The molecule has 20 heavy (non-hydrogen) atoms. The van der Waals surface area contributed by atoms with Gasteiger partial charge >= 0.3 is 0 Å². The van der Waals surface area contributed by atoms with Gasteiger partial charge in [0.15, 0.2) is 0 Å². The molecule has 0 spiro atoms. The first kappa shape index (κ1) is 13.0. The number of carbonyl (C=O) groups is 1. The standard InChI is InChI=1S/C17H20N2O/c1-12-10-16(13(2)19(12)15-8-9-15)17(20)18-11-14-6-4-3-5-7-14/h3-7,10,15H,8-9,11H2,1-2H3,(H,18,20). The summed E-state index contributed by atoms with van der Waals surface area (Å²) in [4.78, 5) is 12.3. The number of hydrogen-bond acceptors (Lipinski definition) is 1. The zero-order valence-electron chi connectivity index (χ0n) is 12.0. The number of nitrogens with one attached hydrogen (secondary N) is 1. The molecule has 0 bridgehead atoms. The molecule has 1 aromatic carbocycles. The molecule has 104 valence electrons. The van der Waals surface area contributed by atoms with Crippen LogP contribution in [0.3, 0.4) is 0 Å². The third-order valence-corrected chi connectivity index (χ3v) is 3.94. The summed E-state index contributed by atoms with van der Waals surface area (Å²) in [6.45, 7) is 4.70. The van der Waals surface area contributed by atoms with Crippen LogP contribution in [0.15, 0.2) is 36.4 Å². The summed E-state index contributed by atoms with van der Waals surface area (Å²) in [7, 11) is 0. The Hall–Kier alpha value is -2.03. The summed E-state index contributed by atoms with van der Waals surface area (Å²) in [5.41, 5.74) is 4.22. The predicted molar refractivity (Wildman–Crippen MR) is 79.8 cm³/mol. The SMILES string of the molecule is Cc1cc(C(=O)NCc2ccccc2)c(C)n1C1CC1. The smallest absolute Gasteiger partial charge is 0.253 e. The monoisotopic (exact) mass is 268 g/mol. The van der Waals surface area contributed by atoms with Crippen LogP contribution in [0.25, 0.3) is 0 Å². The summed E-state index contributed by atoms with van der Waals surface area (Å²) in [6, 6.07) is 12.6. The van der Waals surface area contributed by atoms with E-state index in [4.69, 9.17) is 0 Å². The van der Waals surface area contributed by atoms with E-state index in [1.807, 2.05) is 43.3 Å². The average Bonchev–Trinajstić information content (AvgIpc) is 3.23. The molecule has 1 aliphatic rings. The molecule has 1 N–H and O–H groups in total. The Morgan fingerprint density at radius 1 is 1.25 bits per heavy atom. The van der Waals surface area contributed by atoms with Crippen LogP contribution in [0.1, 0.15) is 46.2 Å². The van der Waals surface area contributed by atoms with Crippen molar-refractivity contribution in [3.63, 3.8) is 0 Å². The van der Waals surface area contributed by atoms with Crippen molar-refractivity contribution in [2.45, 2.75) is 39.3 Å². The lowest BCUT2D eigenvalue weighted by Crippen LogP contribution is -2.23. The quantitative estimate of drug-likeness (QED) is 0.906. The summed E-state index contributed by atoms with van der Waals surface area (Å²) in [5.74, 6) is 0.0221. The van der Waals surface area contributed by atoms with E-state index in [9.17, 15) is 4.79 Å². The van der Waals surface area contributed by atoms with Crippen LogP contribution in [0, 0.1) is 13.8 Å². The molecule has 0 atom stereocenters. The van der Waals surface area contributed by atoms with Crippen molar-refractivity contribution >= 4 is 5.91 Å². The second kappa shape index (κ2) is 5.16. The van der Waals surface area contributed by atoms with Crippen molar-refractivity contribution < 1.29 is 4.79 Å². The van der Waals surface area contributed by atoms with Gasteiger partial charge in [-0.25, -0.2) is 0 Å². The van der Waals surface area contributed by atoms with E-state index in [0.717, 1.165) is 16.8 Å². The van der Waals surface area contributed by atoms with Crippen molar-refractivity contribution in [3.05, 3.63) is 58.9 Å². The number of rotatable bonds is 4. The van der Waals surface area contributed by atoms with Gasteiger partial charge in [0.1, 0.15) is 0 Å². The minimum Gasteiger partial charge on any atom is -0.348 e. The molecule has 0 unspecified atom stereocenters. The van der Waals surface area contributed by atoms with E-state index in [2.05, 4.69) is 16.8 Å². The molecule has 2 aromatic rings. The van der Waals surface area contributed by atoms with Crippen molar-refractivity contribution in [3.8, 4) is 0 Å². The predicted octanol–water partition coefficient (Wildman–Crippen LogP) is 3.37. The molecule has 0 radical (unpaired) electrons. The first-order valence-electron chi connectivity index (χ1n) is 7.17. The number of aromatic nitrogens is 1. The topological polar surface area (TPSA) is 34.0 Å². The Bertz CT molecular complexity index is 624. The molecule has 3 heteroatoms. The summed E-state index contributed by atoms with van der Waals surface area (Å²) in [5, 5.41) is 3.00. The van der Waals surface area contributed by atoms with Gasteiger partial charge in [-0.1, -0.05) is 30.3 Å². The number of benzene rings is 1. The van der Waals surface area contributed by atoms with Crippen LogP contribution in [-0.2, 0) is 6.54 Å². The average molecular weight is 268 g/mol. The van der Waals surface area contributed by atoms with E-state index in [0.29, 0.717) is 12.6 Å². The van der Waals surface area contributed by atoms with Crippen molar-refractivity contribution in [1.82, 2.24) is 9.88 Å². The summed E-state index contributed by atoms with van der Waals surface area (Å²) >= 11 is 0. The van der Waals surface area contributed by atoms with Gasteiger partial charge in [-0.3, -0.25) is 4.79 Å². The lowest BCUT2D eigenvalue weighted by Gasteiger charge is -2.08. The molecule has 1 aromatic heterocycles. The summed E-state index contributed by atoms with van der Waals surface area (Å²) < 4.78 is 2.30. The van der Waals surface area contributed by atoms with Gasteiger partial charge in [-0.05, 0) is 38.3 Å². The highest BCUT2D eigenvalue weighted by Gasteiger charge is 2.28. The highest BCUT2D eigenvalue weighted by Crippen LogP contribution is 2.38. The fraction of sp³-hybridized carbons (Fsp3) is 0.353. The Morgan fingerprint density at radius 3 is 2.60 bits per heavy atom.